The molecule has 6 heteroatoms. The maximum absolute atomic E-state index is 13.0. The standard InChI is InChI=1S/C20H22ClNO4/c1-14(20(24)26-3)12-22(13-15-7-9-17(21)10-8-15)19(23)16-5-4-6-18(11-16)25-2/h4-11,14H,12-13H2,1-3H3. The third kappa shape index (κ3) is 5.23. The molecule has 1 unspecified atom stereocenters. The number of halogens is 1. The van der Waals surface area contributed by atoms with E-state index in [0.29, 0.717) is 22.9 Å². The Bertz CT molecular complexity index is 761. The second-order valence-electron chi connectivity index (χ2n) is 5.97. The lowest BCUT2D eigenvalue weighted by Gasteiger charge is -2.25. The fourth-order valence-corrected chi connectivity index (χ4v) is 2.70. The first-order chi connectivity index (χ1) is 12.4. The molecule has 0 heterocycles. The predicted molar refractivity (Wildman–Crippen MR) is 100 cm³/mol. The van der Waals surface area contributed by atoms with Crippen LogP contribution in [0, 0.1) is 5.92 Å². The number of amides is 1. The lowest BCUT2D eigenvalue weighted by Crippen LogP contribution is -2.36. The van der Waals surface area contributed by atoms with Gasteiger partial charge in [-0.05, 0) is 35.9 Å². The van der Waals surface area contributed by atoms with Crippen molar-refractivity contribution >= 4 is 23.5 Å². The molecular formula is C20H22ClNO4. The number of methoxy groups -OCH3 is 2. The van der Waals surface area contributed by atoms with E-state index < -0.39 is 5.92 Å². The Morgan fingerprint density at radius 1 is 1.12 bits per heavy atom. The molecule has 0 spiro atoms. The summed E-state index contributed by atoms with van der Waals surface area (Å²) in [4.78, 5) is 26.5. The number of hydrogen-bond donors (Lipinski definition) is 0. The number of nitrogens with zero attached hydrogens (tertiary/aromatic N) is 1. The molecule has 1 amide bonds. The number of carbonyl (C=O) groups is 2. The third-order valence-corrected chi connectivity index (χ3v) is 4.24. The van der Waals surface area contributed by atoms with Crippen molar-refractivity contribution in [3.8, 4) is 5.75 Å². The van der Waals surface area contributed by atoms with Crippen molar-refractivity contribution in [2.75, 3.05) is 20.8 Å². The molecule has 0 aliphatic rings. The number of ether oxygens (including phenoxy) is 2. The van der Waals surface area contributed by atoms with Gasteiger partial charge in [-0.25, -0.2) is 0 Å². The molecule has 138 valence electrons. The van der Waals surface area contributed by atoms with Gasteiger partial charge in [-0.1, -0.05) is 36.7 Å². The van der Waals surface area contributed by atoms with Crippen LogP contribution in [0.5, 0.6) is 5.75 Å². The molecule has 2 aromatic rings. The van der Waals surface area contributed by atoms with E-state index >= 15 is 0 Å². The van der Waals surface area contributed by atoms with E-state index in [4.69, 9.17) is 21.1 Å². The molecule has 0 saturated carbocycles. The van der Waals surface area contributed by atoms with Crippen LogP contribution < -0.4 is 4.74 Å². The smallest absolute Gasteiger partial charge is 0.310 e. The van der Waals surface area contributed by atoms with Crippen molar-refractivity contribution in [1.82, 2.24) is 4.90 Å². The summed E-state index contributed by atoms with van der Waals surface area (Å²) in [6, 6.07) is 14.2. The van der Waals surface area contributed by atoms with Gasteiger partial charge in [-0.3, -0.25) is 9.59 Å². The van der Waals surface area contributed by atoms with Gasteiger partial charge in [-0.15, -0.1) is 0 Å². The Hall–Kier alpha value is -2.53. The first kappa shape index (κ1) is 19.8. The molecule has 0 saturated heterocycles. The highest BCUT2D eigenvalue weighted by Gasteiger charge is 2.23. The van der Waals surface area contributed by atoms with Crippen LogP contribution in [0.4, 0.5) is 0 Å². The van der Waals surface area contributed by atoms with Gasteiger partial charge in [0, 0.05) is 23.7 Å². The van der Waals surface area contributed by atoms with Gasteiger partial charge >= 0.3 is 5.97 Å². The van der Waals surface area contributed by atoms with Gasteiger partial charge in [0.1, 0.15) is 5.75 Å². The minimum atomic E-state index is -0.443. The van der Waals surface area contributed by atoms with Crippen LogP contribution in [0.15, 0.2) is 48.5 Å². The summed E-state index contributed by atoms with van der Waals surface area (Å²) in [6.45, 7) is 2.33. The summed E-state index contributed by atoms with van der Waals surface area (Å²) in [7, 11) is 2.89. The number of benzene rings is 2. The minimum absolute atomic E-state index is 0.186. The van der Waals surface area contributed by atoms with Crippen LogP contribution in [0.25, 0.3) is 0 Å². The number of hydrogen-bond acceptors (Lipinski definition) is 4. The monoisotopic (exact) mass is 375 g/mol. The normalized spacial score (nSPS) is 11.5. The molecule has 2 aromatic carbocycles. The van der Waals surface area contributed by atoms with Gasteiger partial charge in [-0.2, -0.15) is 0 Å². The Labute approximate surface area is 158 Å². The first-order valence-electron chi connectivity index (χ1n) is 8.20. The summed E-state index contributed by atoms with van der Waals surface area (Å²) in [6.07, 6.45) is 0. The fourth-order valence-electron chi connectivity index (χ4n) is 2.57. The first-order valence-corrected chi connectivity index (χ1v) is 8.58. The molecular weight excluding hydrogens is 354 g/mol. The highest BCUT2D eigenvalue weighted by Crippen LogP contribution is 2.18. The average Bonchev–Trinajstić information content (AvgIpc) is 2.67. The quantitative estimate of drug-likeness (QED) is 0.691. The Kier molecular flexibility index (Phi) is 7.04. The second kappa shape index (κ2) is 9.25. The van der Waals surface area contributed by atoms with Gasteiger partial charge in [0.15, 0.2) is 0 Å². The Morgan fingerprint density at radius 3 is 2.42 bits per heavy atom. The Balaban J connectivity index is 2.27. The topological polar surface area (TPSA) is 55.8 Å². The van der Waals surface area contributed by atoms with Crippen LogP contribution >= 0.6 is 11.6 Å². The highest BCUT2D eigenvalue weighted by molar-refractivity contribution is 6.30. The van der Waals surface area contributed by atoms with Gasteiger partial charge in [0.25, 0.3) is 5.91 Å². The maximum atomic E-state index is 13.0. The van der Waals surface area contributed by atoms with E-state index in [9.17, 15) is 9.59 Å². The SMILES string of the molecule is COC(=O)C(C)CN(Cc1ccc(Cl)cc1)C(=O)c1cccc(OC)c1. The van der Waals surface area contributed by atoms with E-state index in [1.165, 1.54) is 7.11 Å². The van der Waals surface area contributed by atoms with E-state index in [2.05, 4.69) is 0 Å². The van der Waals surface area contributed by atoms with Crippen molar-refractivity contribution in [2.45, 2.75) is 13.5 Å². The van der Waals surface area contributed by atoms with Crippen molar-refractivity contribution in [3.63, 3.8) is 0 Å². The Morgan fingerprint density at radius 2 is 1.81 bits per heavy atom. The molecule has 5 nitrogen and oxygen atoms in total. The molecule has 0 aliphatic carbocycles. The largest absolute Gasteiger partial charge is 0.497 e. The molecule has 0 aromatic heterocycles. The molecule has 26 heavy (non-hydrogen) atoms. The second-order valence-corrected chi connectivity index (χ2v) is 6.40. The van der Waals surface area contributed by atoms with Crippen molar-refractivity contribution in [1.29, 1.82) is 0 Å². The zero-order valence-electron chi connectivity index (χ0n) is 15.1. The predicted octanol–water partition coefficient (Wildman–Crippen LogP) is 3.80. The zero-order chi connectivity index (χ0) is 19.1. The molecule has 2 rings (SSSR count). The molecule has 1 atom stereocenters. The molecule has 0 N–H and O–H groups in total. The van der Waals surface area contributed by atoms with Crippen molar-refractivity contribution in [3.05, 3.63) is 64.7 Å². The van der Waals surface area contributed by atoms with Crippen LogP contribution in [-0.2, 0) is 16.1 Å². The molecule has 0 bridgehead atoms. The number of carbonyl (C=O) groups excluding carboxylic acids is 2. The fraction of sp³-hybridized carbons (Fsp3) is 0.300. The summed E-state index contributed by atoms with van der Waals surface area (Å²) in [5.41, 5.74) is 1.41. The van der Waals surface area contributed by atoms with Crippen LogP contribution in [0.1, 0.15) is 22.8 Å². The van der Waals surface area contributed by atoms with Gasteiger partial charge < -0.3 is 14.4 Å². The zero-order valence-corrected chi connectivity index (χ0v) is 15.8. The van der Waals surface area contributed by atoms with E-state index in [1.54, 1.807) is 55.3 Å². The third-order valence-electron chi connectivity index (χ3n) is 3.99. The summed E-state index contributed by atoms with van der Waals surface area (Å²) < 4.78 is 9.98. The highest BCUT2D eigenvalue weighted by atomic mass is 35.5. The van der Waals surface area contributed by atoms with Crippen LogP contribution in [-0.4, -0.2) is 37.5 Å². The van der Waals surface area contributed by atoms with E-state index in [1.807, 2.05) is 12.1 Å². The summed E-state index contributed by atoms with van der Waals surface area (Å²) in [5, 5.41) is 0.627. The lowest BCUT2D eigenvalue weighted by atomic mass is 10.1. The molecule has 0 radical (unpaired) electrons. The van der Waals surface area contributed by atoms with Gasteiger partial charge in [0.05, 0.1) is 20.1 Å². The van der Waals surface area contributed by atoms with E-state index in [-0.39, 0.29) is 18.4 Å². The maximum Gasteiger partial charge on any atom is 0.310 e. The number of rotatable bonds is 7. The van der Waals surface area contributed by atoms with E-state index in [0.717, 1.165) is 5.56 Å². The minimum Gasteiger partial charge on any atom is -0.497 e. The number of esters is 1. The van der Waals surface area contributed by atoms with Crippen molar-refractivity contribution in [2.24, 2.45) is 5.92 Å². The molecule has 0 aliphatic heterocycles. The summed E-state index contributed by atoms with van der Waals surface area (Å²) >= 11 is 5.93. The van der Waals surface area contributed by atoms with Crippen molar-refractivity contribution < 1.29 is 19.1 Å². The van der Waals surface area contributed by atoms with Crippen LogP contribution in [0.2, 0.25) is 5.02 Å². The molecule has 0 fully saturated rings. The lowest BCUT2D eigenvalue weighted by molar-refractivity contribution is -0.145. The van der Waals surface area contributed by atoms with Gasteiger partial charge in [0.2, 0.25) is 0 Å². The summed E-state index contributed by atoms with van der Waals surface area (Å²) in [5.74, 6) is -0.385. The average molecular weight is 376 g/mol. The van der Waals surface area contributed by atoms with Crippen LogP contribution in [0.3, 0.4) is 0 Å².